The van der Waals surface area contributed by atoms with Crippen molar-refractivity contribution < 1.29 is 17.3 Å². The second-order valence-corrected chi connectivity index (χ2v) is 3.40. The molecule has 0 N–H and O–H groups in total. The van der Waals surface area contributed by atoms with Gasteiger partial charge in [0.05, 0.1) is 0 Å². The number of diazo groups is 1. The molecule has 0 atom stereocenters. The minimum Gasteiger partial charge on any atom is -0.418 e. The number of halogens is 4. The van der Waals surface area contributed by atoms with E-state index >= 15 is 0 Å². The van der Waals surface area contributed by atoms with E-state index in [2.05, 4.69) is 9.96 Å². The van der Waals surface area contributed by atoms with Gasteiger partial charge in [-0.3, -0.25) is 0 Å². The number of pyridine rings is 1. The number of aromatic nitrogens is 1. The van der Waals surface area contributed by atoms with Crippen LogP contribution >= 0.6 is 0 Å². The molecule has 0 spiro atoms. The standard InChI is InChI=1S/C10H8N3.BF4/c1-7-5-6-8-3-2-4-9(13-11)10(8)12-7;2-1(3,4)5/h2-6H,1H3;/q+1;-1. The van der Waals surface area contributed by atoms with Gasteiger partial charge >= 0.3 is 12.9 Å². The Kier molecular flexibility index (Phi) is 4.20. The van der Waals surface area contributed by atoms with Gasteiger partial charge in [-0.15, -0.1) is 0 Å². The monoisotopic (exact) mass is 257 g/mol. The van der Waals surface area contributed by atoms with Crippen LogP contribution in [0, 0.1) is 12.3 Å². The lowest BCUT2D eigenvalue weighted by molar-refractivity contribution is 0.368. The maximum absolute atomic E-state index is 9.75. The Morgan fingerprint density at radius 3 is 2.28 bits per heavy atom. The number of hydrogen-bond donors (Lipinski definition) is 0. The summed E-state index contributed by atoms with van der Waals surface area (Å²) in [5.74, 6) is 0. The Morgan fingerprint density at radius 1 is 1.11 bits per heavy atom. The van der Waals surface area contributed by atoms with Gasteiger partial charge in [-0.05, 0) is 13.0 Å². The smallest absolute Gasteiger partial charge is 0.418 e. The minimum absolute atomic E-state index is 0.515. The Morgan fingerprint density at radius 2 is 1.72 bits per heavy atom. The fourth-order valence-electron chi connectivity index (χ4n) is 1.31. The second kappa shape index (κ2) is 5.45. The summed E-state index contributed by atoms with van der Waals surface area (Å²) in [7, 11) is -6.00. The number of benzene rings is 1. The normalized spacial score (nSPS) is 10.4. The summed E-state index contributed by atoms with van der Waals surface area (Å²) in [4.78, 5) is 7.47. The van der Waals surface area contributed by atoms with E-state index in [0.717, 1.165) is 16.6 Å². The fourth-order valence-corrected chi connectivity index (χ4v) is 1.31. The first kappa shape index (κ1) is 13.9. The zero-order chi connectivity index (χ0) is 13.8. The molecule has 0 radical (unpaired) electrons. The molecule has 1 heterocycles. The van der Waals surface area contributed by atoms with Gasteiger partial charge in [0.2, 0.25) is 5.39 Å². The van der Waals surface area contributed by atoms with Crippen LogP contribution in [-0.4, -0.2) is 12.2 Å². The van der Waals surface area contributed by atoms with Gasteiger partial charge < -0.3 is 17.3 Å². The van der Waals surface area contributed by atoms with Crippen molar-refractivity contribution in [1.29, 1.82) is 5.39 Å². The van der Waals surface area contributed by atoms with Crippen molar-refractivity contribution in [3.63, 3.8) is 0 Å². The van der Waals surface area contributed by atoms with E-state index in [1.54, 1.807) is 6.07 Å². The Hall–Kier alpha value is -2.17. The first-order valence-corrected chi connectivity index (χ1v) is 4.90. The van der Waals surface area contributed by atoms with Crippen LogP contribution in [0.25, 0.3) is 15.9 Å². The van der Waals surface area contributed by atoms with Gasteiger partial charge in [0.25, 0.3) is 0 Å². The number of rotatable bonds is 0. The fraction of sp³-hybridized carbons (Fsp3) is 0.100. The highest BCUT2D eigenvalue weighted by Gasteiger charge is 2.20. The lowest BCUT2D eigenvalue weighted by Gasteiger charge is -1.94. The minimum atomic E-state index is -6.00. The van der Waals surface area contributed by atoms with E-state index in [1.807, 2.05) is 31.2 Å². The number of fused-ring (bicyclic) bond motifs is 1. The van der Waals surface area contributed by atoms with E-state index < -0.39 is 7.25 Å². The molecule has 94 valence electrons. The molecule has 2 aromatic rings. The van der Waals surface area contributed by atoms with E-state index in [4.69, 9.17) is 5.39 Å². The molecule has 1 aromatic carbocycles. The number of nitrogens with zero attached hydrogens (tertiary/aromatic N) is 3. The quantitative estimate of drug-likeness (QED) is 0.400. The third-order valence-corrected chi connectivity index (χ3v) is 1.95. The van der Waals surface area contributed by atoms with Gasteiger partial charge in [0, 0.05) is 17.1 Å². The van der Waals surface area contributed by atoms with Crippen LogP contribution in [0.5, 0.6) is 0 Å². The molecule has 0 fully saturated rings. The highest BCUT2D eigenvalue weighted by atomic mass is 19.5. The zero-order valence-electron chi connectivity index (χ0n) is 9.32. The van der Waals surface area contributed by atoms with Gasteiger partial charge in [-0.25, -0.2) is 4.98 Å². The maximum Gasteiger partial charge on any atom is 0.673 e. The van der Waals surface area contributed by atoms with Gasteiger partial charge in [-0.1, -0.05) is 18.2 Å². The van der Waals surface area contributed by atoms with Crippen molar-refractivity contribution in [2.24, 2.45) is 0 Å². The van der Waals surface area contributed by atoms with E-state index in [-0.39, 0.29) is 0 Å². The Bertz CT molecular complexity index is 586. The molecule has 0 saturated carbocycles. The van der Waals surface area contributed by atoms with Crippen LogP contribution < -0.4 is 0 Å². The largest absolute Gasteiger partial charge is 0.673 e. The number of para-hydroxylation sites is 1. The van der Waals surface area contributed by atoms with Crippen molar-refractivity contribution >= 4 is 23.8 Å². The zero-order valence-corrected chi connectivity index (χ0v) is 9.32. The van der Waals surface area contributed by atoms with Crippen molar-refractivity contribution in [2.45, 2.75) is 6.92 Å². The first-order valence-electron chi connectivity index (χ1n) is 4.90. The van der Waals surface area contributed by atoms with Crippen molar-refractivity contribution in [2.75, 3.05) is 0 Å². The summed E-state index contributed by atoms with van der Waals surface area (Å²) in [5, 5.41) is 9.70. The van der Waals surface area contributed by atoms with Crippen LogP contribution in [0.3, 0.4) is 0 Å². The predicted octanol–water partition coefficient (Wildman–Crippen LogP) is 4.33. The molecule has 1 aromatic heterocycles. The molecule has 18 heavy (non-hydrogen) atoms. The SMILES string of the molecule is Cc1ccc2cccc([N+]#N)c2n1.F[B-](F)(F)F. The van der Waals surface area contributed by atoms with E-state index in [9.17, 15) is 17.3 Å². The lowest BCUT2D eigenvalue weighted by Crippen LogP contribution is -2.02. The summed E-state index contributed by atoms with van der Waals surface area (Å²) < 4.78 is 39.0. The van der Waals surface area contributed by atoms with Crippen LogP contribution in [-0.2, 0) is 0 Å². The topological polar surface area (TPSA) is 41.0 Å². The number of aryl methyl sites for hydroxylation is 1. The summed E-state index contributed by atoms with van der Waals surface area (Å²) in [6.07, 6.45) is 0. The Balaban J connectivity index is 0.000000280. The maximum atomic E-state index is 9.75. The molecule has 3 nitrogen and oxygen atoms in total. The molecular weight excluding hydrogens is 249 g/mol. The third-order valence-electron chi connectivity index (χ3n) is 1.95. The van der Waals surface area contributed by atoms with Crippen LogP contribution in [0.15, 0.2) is 30.3 Å². The van der Waals surface area contributed by atoms with Crippen LogP contribution in [0.2, 0.25) is 0 Å². The molecule has 0 aliphatic carbocycles. The van der Waals surface area contributed by atoms with Crippen LogP contribution in [0.4, 0.5) is 23.0 Å². The predicted molar refractivity (Wildman–Crippen MR) is 61.4 cm³/mol. The molecule has 0 saturated heterocycles. The lowest BCUT2D eigenvalue weighted by atomic mass is 10.2. The molecule has 0 bridgehead atoms. The third kappa shape index (κ3) is 4.37. The average Bonchev–Trinajstić information content (AvgIpc) is 2.26. The van der Waals surface area contributed by atoms with Gasteiger partial charge in [-0.2, -0.15) is 0 Å². The second-order valence-electron chi connectivity index (χ2n) is 3.40. The first-order chi connectivity index (χ1) is 8.31. The highest BCUT2D eigenvalue weighted by molar-refractivity contribution is 6.50. The van der Waals surface area contributed by atoms with Gasteiger partial charge in [0.1, 0.15) is 0 Å². The summed E-state index contributed by atoms with van der Waals surface area (Å²) >= 11 is 0. The van der Waals surface area contributed by atoms with Crippen molar-refractivity contribution in [3.05, 3.63) is 41.0 Å². The summed E-state index contributed by atoms with van der Waals surface area (Å²) in [6.45, 7) is 1.91. The molecule has 0 unspecified atom stereocenters. The highest BCUT2D eigenvalue weighted by Crippen LogP contribution is 2.23. The molecule has 0 aliphatic heterocycles. The van der Waals surface area contributed by atoms with E-state index in [0.29, 0.717) is 5.69 Å². The van der Waals surface area contributed by atoms with Gasteiger partial charge in [0.15, 0.2) is 10.5 Å². The number of hydrogen-bond acceptors (Lipinski definition) is 2. The summed E-state index contributed by atoms with van der Waals surface area (Å²) in [5.41, 5.74) is 2.18. The molecule has 0 amide bonds. The molecule has 0 aliphatic rings. The van der Waals surface area contributed by atoms with Crippen LogP contribution in [0.1, 0.15) is 5.69 Å². The van der Waals surface area contributed by atoms with Crippen molar-refractivity contribution in [3.8, 4) is 0 Å². The molecule has 8 heteroatoms. The molecular formula is C10H8BF4N3. The van der Waals surface area contributed by atoms with Crippen molar-refractivity contribution in [1.82, 2.24) is 4.98 Å². The molecule has 2 rings (SSSR count). The average molecular weight is 257 g/mol. The Labute approximate surface area is 100 Å². The van der Waals surface area contributed by atoms with E-state index in [1.165, 1.54) is 0 Å². The summed E-state index contributed by atoms with van der Waals surface area (Å²) in [6, 6.07) is 9.41.